The molecule has 6 heterocycles. The van der Waals surface area contributed by atoms with Crippen LogP contribution in [-0.4, -0.2) is 211 Å². The summed E-state index contributed by atoms with van der Waals surface area (Å²) in [7, 11) is 8.62. The zero-order chi connectivity index (χ0) is 89.2. The molecule has 0 saturated carbocycles. The smallest absolute Gasteiger partial charge is 0.227 e. The standard InChI is InChI=1S/C36H48N2O5.C36H46N2O5.C35H46N2O6/c1-39-21-6-20-38-19-5-8-30-11-10-28(25-34(30)38)27-43-36-26-37-18-16-33(36)29-12-14-32(15-13-29)42-24-23-41-22-17-31-7-3-4-9-35(31)40-2;1-27-7-3-4-8-31(27)26-41-21-6-22-42-32-14-11-29(12-15-32)33-17-18-37-24-35(33)43-25-28-9-10-30-13-16-36(39)38(34(30)23-28)19-5-20-40-2;1-38-19-5-17-37-18-21-42-34-13-8-27(24-32(34)37)26-43-35-25-36-16-14-31(35)28-9-11-30(12-10-28)41-23-22-40-20-15-29-6-3-4-7-33(29)39-2/h3-4,7,9-15,25,33,36-37H,5-6,8,16-24,26-27H2,1-2H3;3-4,7-12,14-15,23,33,35,37H,5-6,13,16-22,24-26H2,1-2H3;3-4,6-13,24,31,35-36H,5,14-23,25-26H2,1-2H3/t33-,36+;33-,35+;31-,35+/m111/s1. The lowest BCUT2D eigenvalue weighted by atomic mass is 9.87. The quantitative estimate of drug-likeness (QED) is 0.0304. The maximum Gasteiger partial charge on any atom is 0.227 e. The van der Waals surface area contributed by atoms with Gasteiger partial charge >= 0.3 is 0 Å². The highest BCUT2D eigenvalue weighted by atomic mass is 16.5. The van der Waals surface area contributed by atoms with Crippen LogP contribution in [0.5, 0.6) is 34.5 Å². The Morgan fingerprint density at radius 2 is 0.837 bits per heavy atom. The first-order valence-corrected chi connectivity index (χ1v) is 47.1. The minimum Gasteiger partial charge on any atom is -0.496 e. The van der Waals surface area contributed by atoms with Crippen molar-refractivity contribution in [1.29, 1.82) is 0 Å². The fraction of sp³-hybridized carbons (Fsp3) is 0.486. The Morgan fingerprint density at radius 1 is 0.388 bits per heavy atom. The van der Waals surface area contributed by atoms with Crippen LogP contribution in [0.25, 0.3) is 0 Å². The first-order valence-electron chi connectivity index (χ1n) is 47.1. The Morgan fingerprint density at radius 3 is 1.34 bits per heavy atom. The highest BCUT2D eigenvalue weighted by Gasteiger charge is 2.32. The summed E-state index contributed by atoms with van der Waals surface area (Å²) in [6.45, 7) is 22.3. The van der Waals surface area contributed by atoms with Gasteiger partial charge in [-0.15, -0.1) is 0 Å². The molecule has 3 N–H and O–H groups in total. The van der Waals surface area contributed by atoms with Gasteiger partial charge < -0.3 is 102 Å². The lowest BCUT2D eigenvalue weighted by Gasteiger charge is -2.33. The van der Waals surface area contributed by atoms with Crippen LogP contribution in [0.1, 0.15) is 142 Å². The van der Waals surface area contributed by atoms with Gasteiger partial charge in [-0.2, -0.15) is 0 Å². The number of fused-ring (bicyclic) bond motifs is 3. The zero-order valence-electron chi connectivity index (χ0n) is 77.2. The average molecular weight is 1770 g/mol. The molecule has 15 rings (SSSR count). The minimum atomic E-state index is 0.0707. The van der Waals surface area contributed by atoms with Gasteiger partial charge in [-0.3, -0.25) is 4.79 Å². The summed E-state index contributed by atoms with van der Waals surface area (Å²) in [5, 5.41) is 10.6. The van der Waals surface area contributed by atoms with Gasteiger partial charge in [0.15, 0.2) is 0 Å². The lowest BCUT2D eigenvalue weighted by Crippen LogP contribution is -2.41. The lowest BCUT2D eigenvalue weighted by molar-refractivity contribution is -0.118. The van der Waals surface area contributed by atoms with Crippen molar-refractivity contribution >= 4 is 23.0 Å². The summed E-state index contributed by atoms with van der Waals surface area (Å²) in [5.74, 6) is 6.56. The van der Waals surface area contributed by atoms with Gasteiger partial charge in [-0.25, -0.2) is 0 Å². The maximum absolute atomic E-state index is 12.7. The molecule has 3 fully saturated rings. The summed E-state index contributed by atoms with van der Waals surface area (Å²) < 4.78 is 87.5. The number of para-hydroxylation sites is 2. The maximum atomic E-state index is 12.7. The molecule has 3 saturated heterocycles. The second-order valence-corrected chi connectivity index (χ2v) is 34.0. The fourth-order valence-electron chi connectivity index (χ4n) is 18.1. The van der Waals surface area contributed by atoms with Crippen molar-refractivity contribution in [2.75, 3.05) is 202 Å². The number of methoxy groups -OCH3 is 5. The van der Waals surface area contributed by atoms with E-state index < -0.39 is 0 Å². The van der Waals surface area contributed by atoms with Crippen LogP contribution in [-0.2, 0) is 99.5 Å². The van der Waals surface area contributed by atoms with E-state index in [-0.39, 0.29) is 24.2 Å². The fourth-order valence-corrected chi connectivity index (χ4v) is 18.1. The van der Waals surface area contributed by atoms with E-state index >= 15 is 0 Å². The number of rotatable bonds is 47. The third-order valence-electron chi connectivity index (χ3n) is 25.2. The molecule has 0 bridgehead atoms. The van der Waals surface area contributed by atoms with Crippen LogP contribution in [0.4, 0.5) is 17.1 Å². The molecule has 129 heavy (non-hydrogen) atoms. The van der Waals surface area contributed by atoms with Crippen LogP contribution in [0.15, 0.2) is 200 Å². The summed E-state index contributed by atoms with van der Waals surface area (Å²) in [4.78, 5) is 19.5. The Kier molecular flexibility index (Phi) is 40.3. The minimum absolute atomic E-state index is 0.0707. The molecule has 22 heteroatoms. The Labute approximate surface area is 766 Å². The largest absolute Gasteiger partial charge is 0.496 e. The van der Waals surface area contributed by atoms with E-state index in [1.54, 1.807) is 35.5 Å². The van der Waals surface area contributed by atoms with Crippen molar-refractivity contribution in [3.8, 4) is 34.5 Å². The Hall–Kier alpha value is -9.63. The van der Waals surface area contributed by atoms with E-state index in [1.807, 2.05) is 41.3 Å². The molecule has 0 unspecified atom stereocenters. The highest BCUT2D eigenvalue weighted by molar-refractivity contribution is 5.96. The van der Waals surface area contributed by atoms with Crippen LogP contribution >= 0.6 is 0 Å². The molecule has 22 nitrogen and oxygen atoms in total. The molecule has 6 aliphatic rings. The van der Waals surface area contributed by atoms with Gasteiger partial charge in [0.05, 0.1) is 111 Å². The summed E-state index contributed by atoms with van der Waals surface area (Å²) in [5.41, 5.74) is 18.4. The summed E-state index contributed by atoms with van der Waals surface area (Å²) in [6, 6.07) is 69.7. The molecule has 694 valence electrons. The number of nitrogens with zero attached hydrogens (tertiary/aromatic N) is 3. The number of hydrogen-bond acceptors (Lipinski definition) is 21. The number of hydrogen-bond donors (Lipinski definition) is 3. The van der Waals surface area contributed by atoms with Crippen molar-refractivity contribution < 1.29 is 75.8 Å². The second-order valence-electron chi connectivity index (χ2n) is 34.0. The van der Waals surface area contributed by atoms with Gasteiger partial charge in [-0.05, 0) is 237 Å². The first-order chi connectivity index (χ1) is 63.6. The molecule has 9 aromatic rings. The summed E-state index contributed by atoms with van der Waals surface area (Å²) >= 11 is 0. The van der Waals surface area contributed by atoms with Gasteiger partial charge in [0.2, 0.25) is 5.91 Å². The topological polar surface area (TPSA) is 201 Å². The number of piperidine rings is 3. The van der Waals surface area contributed by atoms with Gasteiger partial charge in [0, 0.05) is 129 Å². The van der Waals surface area contributed by atoms with Crippen LogP contribution in [0.3, 0.4) is 0 Å². The molecule has 0 aromatic heterocycles. The number of ether oxygens (including phenoxy) is 15. The predicted molar refractivity (Wildman–Crippen MR) is 510 cm³/mol. The number of benzene rings is 9. The van der Waals surface area contributed by atoms with E-state index in [2.05, 4.69) is 196 Å². The number of carbonyl (C=O) groups excluding carboxylic acids is 1. The average Bonchev–Trinajstić information content (AvgIpc) is 0.796. The van der Waals surface area contributed by atoms with E-state index in [9.17, 15) is 4.79 Å². The van der Waals surface area contributed by atoms with Crippen LogP contribution in [0, 0.1) is 6.92 Å². The van der Waals surface area contributed by atoms with Crippen molar-refractivity contribution in [1.82, 2.24) is 16.0 Å². The predicted octanol–water partition coefficient (Wildman–Crippen LogP) is 17.0. The Balaban J connectivity index is 0.000000165. The highest BCUT2D eigenvalue weighted by Crippen LogP contribution is 2.39. The molecule has 0 radical (unpaired) electrons. The number of nitrogens with one attached hydrogen (secondary N) is 3. The molecule has 0 aliphatic carbocycles. The summed E-state index contributed by atoms with van der Waals surface area (Å²) in [6.07, 6.45) is 12.5. The number of anilines is 3. The van der Waals surface area contributed by atoms with Crippen molar-refractivity contribution in [3.63, 3.8) is 0 Å². The van der Waals surface area contributed by atoms with E-state index in [1.165, 1.54) is 62.2 Å². The normalized spacial score (nSPS) is 18.3. The van der Waals surface area contributed by atoms with Gasteiger partial charge in [0.1, 0.15) is 54.3 Å². The molecular weight excluding hydrogens is 1630 g/mol. The molecule has 0 spiro atoms. The van der Waals surface area contributed by atoms with Crippen molar-refractivity contribution in [2.45, 2.75) is 153 Å². The van der Waals surface area contributed by atoms with E-state index in [0.29, 0.717) is 123 Å². The van der Waals surface area contributed by atoms with Crippen LogP contribution < -0.4 is 59.1 Å². The number of aryl methyl sites for hydroxylation is 3. The first kappa shape index (κ1) is 96.9. The van der Waals surface area contributed by atoms with Gasteiger partial charge in [0.25, 0.3) is 0 Å². The molecule has 1 amide bonds. The SMILES string of the molecule is COCCCN1C(=O)CCc2ccc(CO[C@H]3CNCC[C@@H]3c3ccc(OCCCOCc4ccccc4C)cc3)cc21.COCCCN1CCCc2ccc(CO[C@H]3CNCC[C@@H]3c3ccc(OCCOCCc4ccccc4OC)cc3)cc21.COCCCN1CCOc2ccc(CO[C@H]3CNCC[C@@H]3c3ccc(OCCOCCc4ccccc4OC)cc3)cc21. The number of carbonyl (C=O) groups is 1. The van der Waals surface area contributed by atoms with Crippen LogP contribution in [0.2, 0.25) is 0 Å². The number of amides is 1. The molecule has 6 aliphatic heterocycles. The zero-order valence-corrected chi connectivity index (χ0v) is 77.2. The third kappa shape index (κ3) is 29.9. The monoisotopic (exact) mass is 1770 g/mol. The van der Waals surface area contributed by atoms with Crippen molar-refractivity contribution in [2.24, 2.45) is 0 Å². The van der Waals surface area contributed by atoms with Crippen molar-refractivity contribution in [3.05, 3.63) is 267 Å². The molecule has 9 aromatic carbocycles. The molecule has 6 atom stereocenters. The van der Waals surface area contributed by atoms with E-state index in [4.69, 9.17) is 71.1 Å². The third-order valence-corrected chi connectivity index (χ3v) is 25.2. The Bertz CT molecular complexity index is 4560. The van der Waals surface area contributed by atoms with E-state index in [0.717, 1.165) is 212 Å². The second kappa shape index (κ2) is 53.6. The molecular formula is C107H140N6O16. The van der Waals surface area contributed by atoms with Gasteiger partial charge in [-0.1, -0.05) is 127 Å².